The Morgan fingerprint density at radius 2 is 1.83 bits per heavy atom. The Bertz CT molecular complexity index is 894. The molecule has 0 saturated carbocycles. The highest BCUT2D eigenvalue weighted by molar-refractivity contribution is 9.10. The maximum absolute atomic E-state index is 13.4. The van der Waals surface area contributed by atoms with Crippen LogP contribution in [-0.2, 0) is 11.3 Å². The molecule has 1 aliphatic rings. The summed E-state index contributed by atoms with van der Waals surface area (Å²) < 4.78 is 13.9. The number of hydrogen-bond donors (Lipinski definition) is 1. The summed E-state index contributed by atoms with van der Waals surface area (Å²) in [5, 5.41) is 3.42. The third-order valence-corrected chi connectivity index (χ3v) is 6.00. The molecular formula is C22H24BrClFN3O2. The van der Waals surface area contributed by atoms with Gasteiger partial charge in [0.15, 0.2) is 0 Å². The Morgan fingerprint density at radius 3 is 2.60 bits per heavy atom. The van der Waals surface area contributed by atoms with Crippen molar-refractivity contribution in [2.45, 2.75) is 19.4 Å². The molecule has 2 aromatic carbocycles. The Morgan fingerprint density at radius 1 is 1.07 bits per heavy atom. The lowest BCUT2D eigenvalue weighted by Crippen LogP contribution is -2.37. The SMILES string of the molecule is O=C(NCCC(=O)N1CCCN(Cc2ccc(Cl)cc2)CC1)c1cc(F)ccc1Br. The smallest absolute Gasteiger partial charge is 0.252 e. The second-order valence-electron chi connectivity index (χ2n) is 7.27. The predicted molar refractivity (Wildman–Crippen MR) is 119 cm³/mol. The first-order chi connectivity index (χ1) is 14.4. The molecule has 1 saturated heterocycles. The lowest BCUT2D eigenvalue weighted by molar-refractivity contribution is -0.130. The average molecular weight is 497 g/mol. The zero-order chi connectivity index (χ0) is 21.5. The van der Waals surface area contributed by atoms with E-state index >= 15 is 0 Å². The van der Waals surface area contributed by atoms with Gasteiger partial charge in [-0.3, -0.25) is 14.5 Å². The predicted octanol–water partition coefficient (Wildman–Crippen LogP) is 4.10. The van der Waals surface area contributed by atoms with Gasteiger partial charge in [-0.05, 0) is 58.2 Å². The maximum atomic E-state index is 13.4. The minimum absolute atomic E-state index is 0.0157. The molecule has 1 fully saturated rings. The van der Waals surface area contributed by atoms with E-state index in [1.165, 1.54) is 23.8 Å². The van der Waals surface area contributed by atoms with Gasteiger partial charge in [0.25, 0.3) is 5.91 Å². The fourth-order valence-corrected chi connectivity index (χ4v) is 3.99. The second kappa shape index (κ2) is 10.9. The van der Waals surface area contributed by atoms with Crippen molar-refractivity contribution in [1.29, 1.82) is 0 Å². The molecule has 5 nitrogen and oxygen atoms in total. The molecule has 0 aromatic heterocycles. The minimum Gasteiger partial charge on any atom is -0.351 e. The van der Waals surface area contributed by atoms with Gasteiger partial charge >= 0.3 is 0 Å². The van der Waals surface area contributed by atoms with Crippen LogP contribution in [-0.4, -0.2) is 54.3 Å². The van der Waals surface area contributed by atoms with Gasteiger partial charge in [0.1, 0.15) is 5.82 Å². The van der Waals surface area contributed by atoms with Crippen LogP contribution in [0.1, 0.15) is 28.8 Å². The maximum Gasteiger partial charge on any atom is 0.252 e. The summed E-state index contributed by atoms with van der Waals surface area (Å²) in [7, 11) is 0. The summed E-state index contributed by atoms with van der Waals surface area (Å²) in [5.41, 5.74) is 1.42. The first kappa shape index (κ1) is 22.7. The fraction of sp³-hybridized carbons (Fsp3) is 0.364. The molecule has 0 atom stereocenters. The Labute approximate surface area is 189 Å². The zero-order valence-electron chi connectivity index (χ0n) is 16.5. The van der Waals surface area contributed by atoms with E-state index in [1.807, 2.05) is 29.2 Å². The average Bonchev–Trinajstić information content (AvgIpc) is 2.97. The van der Waals surface area contributed by atoms with Crippen molar-refractivity contribution in [3.05, 3.63) is 68.9 Å². The molecular weight excluding hydrogens is 473 g/mol. The van der Waals surface area contributed by atoms with E-state index in [0.29, 0.717) is 17.6 Å². The van der Waals surface area contributed by atoms with Gasteiger partial charge < -0.3 is 10.2 Å². The number of amides is 2. The van der Waals surface area contributed by atoms with Gasteiger partial charge in [-0.1, -0.05) is 23.7 Å². The molecule has 3 rings (SSSR count). The van der Waals surface area contributed by atoms with E-state index in [-0.39, 0.29) is 24.4 Å². The summed E-state index contributed by atoms with van der Waals surface area (Å²) in [5.74, 6) is -0.867. The molecule has 160 valence electrons. The topological polar surface area (TPSA) is 52.7 Å². The number of nitrogens with zero attached hydrogens (tertiary/aromatic N) is 2. The van der Waals surface area contributed by atoms with Crippen molar-refractivity contribution in [2.75, 3.05) is 32.7 Å². The molecule has 30 heavy (non-hydrogen) atoms. The van der Waals surface area contributed by atoms with E-state index in [0.717, 1.165) is 31.1 Å². The normalized spacial score (nSPS) is 15.0. The van der Waals surface area contributed by atoms with Crippen molar-refractivity contribution in [3.8, 4) is 0 Å². The minimum atomic E-state index is -0.479. The van der Waals surface area contributed by atoms with Crippen LogP contribution in [0, 0.1) is 5.82 Å². The van der Waals surface area contributed by atoms with E-state index in [9.17, 15) is 14.0 Å². The Balaban J connectivity index is 1.44. The summed E-state index contributed by atoms with van der Waals surface area (Å²) >= 11 is 9.18. The molecule has 0 bridgehead atoms. The third-order valence-electron chi connectivity index (χ3n) is 5.06. The van der Waals surface area contributed by atoms with Crippen molar-refractivity contribution in [1.82, 2.24) is 15.1 Å². The highest BCUT2D eigenvalue weighted by Gasteiger charge is 2.19. The number of halogens is 3. The number of nitrogens with one attached hydrogen (secondary N) is 1. The van der Waals surface area contributed by atoms with Crippen molar-refractivity contribution in [3.63, 3.8) is 0 Å². The van der Waals surface area contributed by atoms with Crippen LogP contribution in [0.5, 0.6) is 0 Å². The standard InChI is InChI=1S/C22H24BrClFN3O2/c23-20-7-6-18(25)14-19(20)22(30)26-9-8-21(29)28-11-1-10-27(12-13-28)15-16-2-4-17(24)5-3-16/h2-7,14H,1,8-13,15H2,(H,26,30). The molecule has 8 heteroatoms. The summed E-state index contributed by atoms with van der Waals surface area (Å²) in [4.78, 5) is 29.0. The van der Waals surface area contributed by atoms with Crippen LogP contribution in [0.4, 0.5) is 4.39 Å². The number of benzene rings is 2. The molecule has 2 amide bonds. The van der Waals surface area contributed by atoms with E-state index in [2.05, 4.69) is 26.1 Å². The molecule has 1 heterocycles. The van der Waals surface area contributed by atoms with Crippen LogP contribution < -0.4 is 5.32 Å². The zero-order valence-corrected chi connectivity index (χ0v) is 18.9. The molecule has 0 unspecified atom stereocenters. The monoisotopic (exact) mass is 495 g/mol. The van der Waals surface area contributed by atoms with Crippen LogP contribution in [0.2, 0.25) is 5.02 Å². The Hall–Kier alpha value is -1.96. The van der Waals surface area contributed by atoms with Crippen LogP contribution in [0.25, 0.3) is 0 Å². The van der Waals surface area contributed by atoms with Gasteiger partial charge in [0.05, 0.1) is 5.56 Å². The van der Waals surface area contributed by atoms with Gasteiger partial charge in [-0.15, -0.1) is 0 Å². The number of rotatable bonds is 6. The quantitative estimate of drug-likeness (QED) is 0.655. The van der Waals surface area contributed by atoms with Crippen LogP contribution in [0.15, 0.2) is 46.9 Å². The molecule has 0 aliphatic carbocycles. The number of hydrogen-bond acceptors (Lipinski definition) is 3. The van der Waals surface area contributed by atoms with Gasteiger partial charge in [0.2, 0.25) is 5.91 Å². The summed E-state index contributed by atoms with van der Waals surface area (Å²) in [6, 6.07) is 11.8. The first-order valence-electron chi connectivity index (χ1n) is 9.90. The van der Waals surface area contributed by atoms with E-state index < -0.39 is 11.7 Å². The largest absolute Gasteiger partial charge is 0.351 e. The fourth-order valence-electron chi connectivity index (χ4n) is 3.43. The molecule has 0 spiro atoms. The van der Waals surface area contributed by atoms with Crippen LogP contribution >= 0.6 is 27.5 Å². The van der Waals surface area contributed by atoms with E-state index in [4.69, 9.17) is 11.6 Å². The third kappa shape index (κ3) is 6.52. The van der Waals surface area contributed by atoms with Crippen molar-refractivity contribution >= 4 is 39.3 Å². The number of carbonyl (C=O) groups excluding carboxylic acids is 2. The molecule has 1 N–H and O–H groups in total. The molecule has 0 radical (unpaired) electrons. The van der Waals surface area contributed by atoms with Crippen LogP contribution in [0.3, 0.4) is 0 Å². The van der Waals surface area contributed by atoms with Gasteiger partial charge in [-0.2, -0.15) is 0 Å². The van der Waals surface area contributed by atoms with Gasteiger partial charge in [0, 0.05) is 55.2 Å². The molecule has 1 aliphatic heterocycles. The second-order valence-corrected chi connectivity index (χ2v) is 8.56. The Kier molecular flexibility index (Phi) is 8.24. The lowest BCUT2D eigenvalue weighted by atomic mass is 10.2. The first-order valence-corrected chi connectivity index (χ1v) is 11.1. The molecule has 2 aromatic rings. The highest BCUT2D eigenvalue weighted by atomic mass is 79.9. The van der Waals surface area contributed by atoms with Crippen molar-refractivity contribution < 1.29 is 14.0 Å². The van der Waals surface area contributed by atoms with E-state index in [1.54, 1.807) is 0 Å². The van der Waals surface area contributed by atoms with Crippen molar-refractivity contribution in [2.24, 2.45) is 0 Å². The number of carbonyl (C=O) groups is 2. The summed E-state index contributed by atoms with van der Waals surface area (Å²) in [6.45, 7) is 4.15. The summed E-state index contributed by atoms with van der Waals surface area (Å²) in [6.07, 6.45) is 1.12. The lowest BCUT2D eigenvalue weighted by Gasteiger charge is -2.22. The van der Waals surface area contributed by atoms with Gasteiger partial charge in [-0.25, -0.2) is 4.39 Å². The highest BCUT2D eigenvalue weighted by Crippen LogP contribution is 2.18.